The zero-order valence-electron chi connectivity index (χ0n) is 13.5. The number of ether oxygens (including phenoxy) is 2. The van der Waals surface area contributed by atoms with Crippen LogP contribution < -0.4 is 10.4 Å². The van der Waals surface area contributed by atoms with E-state index in [1.165, 1.54) is 25.3 Å². The van der Waals surface area contributed by atoms with Gasteiger partial charge < -0.3 is 19.0 Å². The van der Waals surface area contributed by atoms with Gasteiger partial charge in [0, 0.05) is 28.6 Å². The predicted molar refractivity (Wildman–Crippen MR) is 90.6 cm³/mol. The van der Waals surface area contributed by atoms with Crippen LogP contribution in [0.25, 0.3) is 11.0 Å². The highest BCUT2D eigenvalue weighted by Crippen LogP contribution is 2.23. The van der Waals surface area contributed by atoms with E-state index in [-0.39, 0.29) is 24.4 Å². The molecule has 1 heterocycles. The van der Waals surface area contributed by atoms with Gasteiger partial charge in [0.2, 0.25) is 0 Å². The summed E-state index contributed by atoms with van der Waals surface area (Å²) in [6, 6.07) is 12.9. The number of rotatable bonds is 5. The first-order valence-corrected chi connectivity index (χ1v) is 7.60. The van der Waals surface area contributed by atoms with Crippen LogP contribution in [-0.4, -0.2) is 18.2 Å². The minimum Gasteiger partial charge on any atom is -0.508 e. The van der Waals surface area contributed by atoms with Crippen molar-refractivity contribution in [2.24, 2.45) is 0 Å². The van der Waals surface area contributed by atoms with Crippen molar-refractivity contribution in [2.45, 2.75) is 13.0 Å². The second-order valence-corrected chi connectivity index (χ2v) is 5.42. The SMILES string of the molecule is COc1ccccc1CC(=O)OCc1cc(=O)oc2cc(O)ccc12. The summed E-state index contributed by atoms with van der Waals surface area (Å²) in [4.78, 5) is 23.7. The van der Waals surface area contributed by atoms with E-state index in [4.69, 9.17) is 13.9 Å². The third-order valence-corrected chi connectivity index (χ3v) is 3.73. The maximum absolute atomic E-state index is 12.1. The summed E-state index contributed by atoms with van der Waals surface area (Å²) in [6.45, 7) is -0.0686. The quantitative estimate of drug-likeness (QED) is 0.568. The fraction of sp³-hybridized carbons (Fsp3) is 0.158. The number of para-hydroxylation sites is 1. The molecule has 0 spiro atoms. The summed E-state index contributed by atoms with van der Waals surface area (Å²) in [6.07, 6.45) is 0.0597. The van der Waals surface area contributed by atoms with Gasteiger partial charge >= 0.3 is 11.6 Å². The number of phenolic OH excluding ortho intramolecular Hbond substituents is 1. The Bertz CT molecular complexity index is 973. The van der Waals surface area contributed by atoms with Crippen molar-refractivity contribution in [1.82, 2.24) is 0 Å². The second-order valence-electron chi connectivity index (χ2n) is 5.42. The third kappa shape index (κ3) is 3.80. The highest BCUT2D eigenvalue weighted by Gasteiger charge is 2.12. The Balaban J connectivity index is 1.76. The van der Waals surface area contributed by atoms with E-state index < -0.39 is 11.6 Å². The zero-order valence-corrected chi connectivity index (χ0v) is 13.5. The lowest BCUT2D eigenvalue weighted by Gasteiger charge is -2.09. The molecule has 0 amide bonds. The average Bonchev–Trinajstić information content (AvgIpc) is 2.59. The van der Waals surface area contributed by atoms with Crippen molar-refractivity contribution in [2.75, 3.05) is 7.11 Å². The molecule has 3 aromatic rings. The summed E-state index contributed by atoms with van der Waals surface area (Å²) in [5.41, 5.74) is 0.897. The Hall–Kier alpha value is -3.28. The van der Waals surface area contributed by atoms with E-state index in [0.717, 1.165) is 5.56 Å². The molecular formula is C19H16O6. The van der Waals surface area contributed by atoms with Gasteiger partial charge in [-0.15, -0.1) is 0 Å². The summed E-state index contributed by atoms with van der Waals surface area (Å²) in [5.74, 6) is 0.159. The molecule has 3 rings (SSSR count). The van der Waals surface area contributed by atoms with Crippen LogP contribution >= 0.6 is 0 Å². The van der Waals surface area contributed by atoms with Gasteiger partial charge in [0.15, 0.2) is 0 Å². The molecule has 1 aromatic heterocycles. The normalized spacial score (nSPS) is 10.6. The standard InChI is InChI=1S/C19H16O6/c1-23-16-5-3-2-4-12(16)8-18(21)24-11-13-9-19(22)25-17-10-14(20)6-7-15(13)17/h2-7,9-10,20H,8,11H2,1H3. The van der Waals surface area contributed by atoms with Gasteiger partial charge in [-0.05, 0) is 18.2 Å². The molecule has 6 heteroatoms. The van der Waals surface area contributed by atoms with E-state index in [9.17, 15) is 14.7 Å². The second kappa shape index (κ2) is 7.09. The number of phenols is 1. The molecule has 6 nitrogen and oxygen atoms in total. The molecule has 0 saturated carbocycles. The van der Waals surface area contributed by atoms with E-state index >= 15 is 0 Å². The lowest BCUT2D eigenvalue weighted by molar-refractivity contribution is -0.144. The van der Waals surface area contributed by atoms with Crippen molar-refractivity contribution in [3.05, 3.63) is 70.1 Å². The number of methoxy groups -OCH3 is 1. The van der Waals surface area contributed by atoms with Gasteiger partial charge in [0.1, 0.15) is 23.7 Å². The highest BCUT2D eigenvalue weighted by molar-refractivity contribution is 5.81. The zero-order chi connectivity index (χ0) is 17.8. The molecule has 0 bridgehead atoms. The van der Waals surface area contributed by atoms with Crippen molar-refractivity contribution >= 4 is 16.9 Å². The molecule has 0 fully saturated rings. The number of fused-ring (bicyclic) bond motifs is 1. The van der Waals surface area contributed by atoms with E-state index in [1.807, 2.05) is 12.1 Å². The van der Waals surface area contributed by atoms with Crippen LogP contribution in [0.2, 0.25) is 0 Å². The van der Waals surface area contributed by atoms with Crippen molar-refractivity contribution < 1.29 is 23.8 Å². The van der Waals surface area contributed by atoms with Crippen LogP contribution in [0.5, 0.6) is 11.5 Å². The van der Waals surface area contributed by atoms with Crippen molar-refractivity contribution in [3.8, 4) is 11.5 Å². The fourth-order valence-corrected chi connectivity index (χ4v) is 2.55. The molecular weight excluding hydrogens is 324 g/mol. The fourth-order valence-electron chi connectivity index (χ4n) is 2.55. The van der Waals surface area contributed by atoms with Crippen LogP contribution in [0, 0.1) is 0 Å². The Morgan fingerprint density at radius 1 is 1.12 bits per heavy atom. The van der Waals surface area contributed by atoms with E-state index in [0.29, 0.717) is 16.7 Å². The van der Waals surface area contributed by atoms with Crippen LogP contribution in [0.3, 0.4) is 0 Å². The van der Waals surface area contributed by atoms with Crippen LogP contribution in [-0.2, 0) is 22.6 Å². The van der Waals surface area contributed by atoms with Crippen molar-refractivity contribution in [3.63, 3.8) is 0 Å². The first-order valence-electron chi connectivity index (χ1n) is 7.60. The van der Waals surface area contributed by atoms with Gasteiger partial charge in [-0.1, -0.05) is 18.2 Å². The number of carbonyl (C=O) groups excluding carboxylic acids is 1. The summed E-state index contributed by atoms with van der Waals surface area (Å²) < 4.78 is 15.5. The lowest BCUT2D eigenvalue weighted by atomic mass is 10.1. The van der Waals surface area contributed by atoms with Gasteiger partial charge in [-0.25, -0.2) is 4.79 Å². The first kappa shape index (κ1) is 16.6. The summed E-state index contributed by atoms with van der Waals surface area (Å²) >= 11 is 0. The minimum absolute atomic E-state index is 0.0130. The van der Waals surface area contributed by atoms with Crippen molar-refractivity contribution in [1.29, 1.82) is 0 Å². The molecule has 0 aliphatic rings. The van der Waals surface area contributed by atoms with Crippen LogP contribution in [0.4, 0.5) is 0 Å². The maximum atomic E-state index is 12.1. The first-order chi connectivity index (χ1) is 12.1. The third-order valence-electron chi connectivity index (χ3n) is 3.73. The van der Waals surface area contributed by atoms with Gasteiger partial charge in [-0.3, -0.25) is 4.79 Å². The molecule has 25 heavy (non-hydrogen) atoms. The number of hydrogen-bond acceptors (Lipinski definition) is 6. The summed E-state index contributed by atoms with van der Waals surface area (Å²) in [7, 11) is 1.54. The summed E-state index contributed by atoms with van der Waals surface area (Å²) in [5, 5.41) is 10.1. The van der Waals surface area contributed by atoms with E-state index in [2.05, 4.69) is 0 Å². The maximum Gasteiger partial charge on any atom is 0.336 e. The largest absolute Gasteiger partial charge is 0.508 e. The number of aromatic hydroxyl groups is 1. The number of benzene rings is 2. The number of esters is 1. The van der Waals surface area contributed by atoms with Crippen LogP contribution in [0.1, 0.15) is 11.1 Å². The number of hydrogen-bond donors (Lipinski definition) is 1. The predicted octanol–water partition coefficient (Wildman–Crippen LogP) is 2.79. The Morgan fingerprint density at radius 3 is 2.72 bits per heavy atom. The van der Waals surface area contributed by atoms with Gasteiger partial charge in [-0.2, -0.15) is 0 Å². The molecule has 0 radical (unpaired) electrons. The number of carbonyl (C=O) groups is 1. The van der Waals surface area contributed by atoms with Gasteiger partial charge in [0.25, 0.3) is 0 Å². The van der Waals surface area contributed by atoms with Crippen LogP contribution in [0.15, 0.2) is 57.7 Å². The molecule has 0 aliphatic carbocycles. The molecule has 2 aromatic carbocycles. The molecule has 0 unspecified atom stereocenters. The highest BCUT2D eigenvalue weighted by atomic mass is 16.5. The molecule has 0 atom stereocenters. The molecule has 0 saturated heterocycles. The minimum atomic E-state index is -0.575. The topological polar surface area (TPSA) is 86.0 Å². The Morgan fingerprint density at radius 2 is 1.92 bits per heavy atom. The monoisotopic (exact) mass is 340 g/mol. The smallest absolute Gasteiger partial charge is 0.336 e. The Labute approximate surface area is 143 Å². The average molecular weight is 340 g/mol. The van der Waals surface area contributed by atoms with Gasteiger partial charge in [0.05, 0.1) is 13.5 Å². The Kier molecular flexibility index (Phi) is 4.70. The molecule has 1 N–H and O–H groups in total. The van der Waals surface area contributed by atoms with E-state index in [1.54, 1.807) is 18.2 Å². The molecule has 128 valence electrons. The molecule has 0 aliphatic heterocycles. The lowest BCUT2D eigenvalue weighted by Crippen LogP contribution is -2.10.